The van der Waals surface area contributed by atoms with Crippen molar-refractivity contribution in [2.24, 2.45) is 0 Å². The van der Waals surface area contributed by atoms with Gasteiger partial charge in [-0.2, -0.15) is 13.2 Å². The Kier molecular flexibility index (Phi) is 3.02. The average Bonchev–Trinajstić information content (AvgIpc) is 2.77. The SMILES string of the molecule is O=C(O)C1CC=C(c2ccccc2C(F)(F)F)O1. The third kappa shape index (κ3) is 2.32. The van der Waals surface area contributed by atoms with Gasteiger partial charge in [-0.25, -0.2) is 4.79 Å². The van der Waals surface area contributed by atoms with Gasteiger partial charge in [0.05, 0.1) is 5.56 Å². The van der Waals surface area contributed by atoms with Gasteiger partial charge in [-0.3, -0.25) is 0 Å². The Hall–Kier alpha value is -1.98. The Morgan fingerprint density at radius 2 is 2.00 bits per heavy atom. The number of halogens is 3. The summed E-state index contributed by atoms with van der Waals surface area (Å²) < 4.78 is 43.3. The Labute approximate surface area is 100 Å². The van der Waals surface area contributed by atoms with Crippen LogP contribution < -0.4 is 0 Å². The molecular weight excluding hydrogens is 249 g/mol. The summed E-state index contributed by atoms with van der Waals surface area (Å²) in [6.45, 7) is 0. The second-order valence-electron chi connectivity index (χ2n) is 3.79. The van der Waals surface area contributed by atoms with E-state index in [1.807, 2.05) is 0 Å². The fourth-order valence-corrected chi connectivity index (χ4v) is 1.73. The van der Waals surface area contributed by atoms with Crippen molar-refractivity contribution in [3.05, 3.63) is 41.5 Å². The van der Waals surface area contributed by atoms with E-state index in [0.717, 1.165) is 6.07 Å². The molecule has 0 radical (unpaired) electrons. The van der Waals surface area contributed by atoms with Crippen LogP contribution in [0.15, 0.2) is 30.3 Å². The number of hydrogen-bond donors (Lipinski definition) is 1. The van der Waals surface area contributed by atoms with Gasteiger partial charge < -0.3 is 9.84 Å². The van der Waals surface area contributed by atoms with Crippen molar-refractivity contribution in [3.8, 4) is 0 Å². The molecule has 1 aromatic rings. The van der Waals surface area contributed by atoms with Gasteiger partial charge in [0, 0.05) is 12.0 Å². The monoisotopic (exact) mass is 258 g/mol. The first-order valence-electron chi connectivity index (χ1n) is 5.16. The van der Waals surface area contributed by atoms with Gasteiger partial charge in [-0.15, -0.1) is 0 Å². The fourth-order valence-electron chi connectivity index (χ4n) is 1.73. The van der Waals surface area contributed by atoms with E-state index >= 15 is 0 Å². The van der Waals surface area contributed by atoms with Crippen molar-refractivity contribution >= 4 is 11.7 Å². The minimum absolute atomic E-state index is 0.0321. The molecule has 1 atom stereocenters. The van der Waals surface area contributed by atoms with E-state index in [1.54, 1.807) is 0 Å². The maximum Gasteiger partial charge on any atom is 0.417 e. The molecule has 1 N–H and O–H groups in total. The van der Waals surface area contributed by atoms with Crippen molar-refractivity contribution in [2.45, 2.75) is 18.7 Å². The molecule has 1 heterocycles. The molecule has 0 aromatic heterocycles. The molecule has 0 bridgehead atoms. The van der Waals surface area contributed by atoms with Crippen LogP contribution in [0, 0.1) is 0 Å². The lowest BCUT2D eigenvalue weighted by atomic mass is 10.1. The quantitative estimate of drug-likeness (QED) is 0.887. The molecule has 1 unspecified atom stereocenters. The maximum absolute atomic E-state index is 12.8. The number of benzene rings is 1. The topological polar surface area (TPSA) is 46.5 Å². The van der Waals surface area contributed by atoms with Crippen molar-refractivity contribution in [1.29, 1.82) is 0 Å². The standard InChI is InChI=1S/C12H9F3O3/c13-12(14,15)8-4-2-1-3-7(8)9-5-6-10(18-9)11(16)17/h1-5,10H,6H2,(H,16,17). The zero-order valence-corrected chi connectivity index (χ0v) is 9.07. The number of carbonyl (C=O) groups is 1. The molecule has 1 aliphatic rings. The number of rotatable bonds is 2. The van der Waals surface area contributed by atoms with Crippen molar-refractivity contribution in [2.75, 3.05) is 0 Å². The van der Waals surface area contributed by atoms with Crippen LogP contribution in [-0.2, 0) is 15.7 Å². The molecule has 0 fully saturated rings. The summed E-state index contributed by atoms with van der Waals surface area (Å²) in [5.41, 5.74) is -0.962. The van der Waals surface area contributed by atoms with Gasteiger partial charge in [0.1, 0.15) is 5.76 Å². The fraction of sp³-hybridized carbons (Fsp3) is 0.250. The third-order valence-electron chi connectivity index (χ3n) is 2.56. The largest absolute Gasteiger partial charge is 0.478 e. The van der Waals surface area contributed by atoms with Crippen LogP contribution in [-0.4, -0.2) is 17.2 Å². The first-order valence-corrected chi connectivity index (χ1v) is 5.16. The molecular formula is C12H9F3O3. The Bertz CT molecular complexity index is 506. The second kappa shape index (κ2) is 4.36. The van der Waals surface area contributed by atoms with E-state index in [-0.39, 0.29) is 17.7 Å². The summed E-state index contributed by atoms with van der Waals surface area (Å²) >= 11 is 0. The highest BCUT2D eigenvalue weighted by atomic mass is 19.4. The minimum Gasteiger partial charge on any atom is -0.478 e. The molecule has 18 heavy (non-hydrogen) atoms. The van der Waals surface area contributed by atoms with Crippen LogP contribution in [0.3, 0.4) is 0 Å². The molecule has 0 saturated heterocycles. The number of ether oxygens (including phenoxy) is 1. The van der Waals surface area contributed by atoms with Gasteiger partial charge in [-0.1, -0.05) is 18.2 Å². The first kappa shape index (κ1) is 12.5. The number of carboxylic acid groups (broad SMARTS) is 1. The molecule has 1 aromatic carbocycles. The normalized spacial score (nSPS) is 19.3. The van der Waals surface area contributed by atoms with Crippen LogP contribution in [0.25, 0.3) is 5.76 Å². The van der Waals surface area contributed by atoms with E-state index in [9.17, 15) is 18.0 Å². The van der Waals surface area contributed by atoms with E-state index in [2.05, 4.69) is 0 Å². The Morgan fingerprint density at radius 1 is 1.33 bits per heavy atom. The van der Waals surface area contributed by atoms with E-state index in [1.165, 1.54) is 24.3 Å². The van der Waals surface area contributed by atoms with Gasteiger partial charge in [0.25, 0.3) is 0 Å². The van der Waals surface area contributed by atoms with E-state index in [4.69, 9.17) is 9.84 Å². The number of hydrogen-bond acceptors (Lipinski definition) is 2. The lowest BCUT2D eigenvalue weighted by Crippen LogP contribution is -2.19. The van der Waals surface area contributed by atoms with Crippen LogP contribution in [0.5, 0.6) is 0 Å². The molecule has 1 aliphatic heterocycles. The van der Waals surface area contributed by atoms with Crippen molar-refractivity contribution < 1.29 is 27.8 Å². The molecule has 0 amide bonds. The Balaban J connectivity index is 2.34. The number of aliphatic carboxylic acids is 1. The van der Waals surface area contributed by atoms with Crippen LogP contribution in [0.4, 0.5) is 13.2 Å². The lowest BCUT2D eigenvalue weighted by molar-refractivity contribution is -0.145. The summed E-state index contributed by atoms with van der Waals surface area (Å²) in [7, 11) is 0. The number of alkyl halides is 3. The summed E-state index contributed by atoms with van der Waals surface area (Å²) in [6.07, 6.45) is -4.18. The van der Waals surface area contributed by atoms with Gasteiger partial charge in [-0.05, 0) is 12.1 Å². The van der Waals surface area contributed by atoms with Crippen LogP contribution in [0.2, 0.25) is 0 Å². The molecule has 6 heteroatoms. The van der Waals surface area contributed by atoms with E-state index in [0.29, 0.717) is 0 Å². The smallest absolute Gasteiger partial charge is 0.417 e. The van der Waals surface area contributed by atoms with Crippen LogP contribution >= 0.6 is 0 Å². The lowest BCUT2D eigenvalue weighted by Gasteiger charge is -2.14. The summed E-state index contributed by atoms with van der Waals surface area (Å²) in [6, 6.07) is 4.92. The zero-order chi connectivity index (χ0) is 13.3. The number of carboxylic acids is 1. The molecule has 0 saturated carbocycles. The molecule has 3 nitrogen and oxygen atoms in total. The second-order valence-corrected chi connectivity index (χ2v) is 3.79. The highest BCUT2D eigenvalue weighted by Crippen LogP contribution is 2.37. The maximum atomic E-state index is 12.8. The minimum atomic E-state index is -4.50. The van der Waals surface area contributed by atoms with Gasteiger partial charge >= 0.3 is 12.1 Å². The zero-order valence-electron chi connectivity index (χ0n) is 9.07. The first-order chi connectivity index (χ1) is 8.39. The highest BCUT2D eigenvalue weighted by Gasteiger charge is 2.36. The molecule has 0 aliphatic carbocycles. The molecule has 2 rings (SSSR count). The van der Waals surface area contributed by atoms with E-state index < -0.39 is 23.8 Å². The van der Waals surface area contributed by atoms with Crippen molar-refractivity contribution in [3.63, 3.8) is 0 Å². The summed E-state index contributed by atoms with van der Waals surface area (Å²) in [4.78, 5) is 10.7. The van der Waals surface area contributed by atoms with Gasteiger partial charge in [0.15, 0.2) is 6.10 Å². The molecule has 0 spiro atoms. The third-order valence-corrected chi connectivity index (χ3v) is 2.56. The predicted octanol–water partition coefficient (Wildman–Crippen LogP) is 2.92. The highest BCUT2D eigenvalue weighted by molar-refractivity contribution is 5.77. The predicted molar refractivity (Wildman–Crippen MR) is 56.5 cm³/mol. The Morgan fingerprint density at radius 3 is 2.56 bits per heavy atom. The summed E-state index contributed by atoms with van der Waals surface area (Å²) in [5, 5.41) is 8.73. The molecule has 96 valence electrons. The summed E-state index contributed by atoms with van der Waals surface area (Å²) in [5.74, 6) is -1.22. The average molecular weight is 258 g/mol. The van der Waals surface area contributed by atoms with Gasteiger partial charge in [0.2, 0.25) is 0 Å². The van der Waals surface area contributed by atoms with Crippen molar-refractivity contribution in [1.82, 2.24) is 0 Å². The van der Waals surface area contributed by atoms with Crippen LogP contribution in [0.1, 0.15) is 17.5 Å².